The standard InChI is InChI=1S/C18H21NO4/c1-10(2)9-23-18(22)11-6-7-15-14(8-11)12-4-3-5-13(12)16(19-15)17(20)21/h3-4,6-8,10,12-13,16,19H,5,9H2,1-2H3,(H,20,21)/p-1/t12-,13-,16+/m0/s1. The maximum Gasteiger partial charge on any atom is 0.338 e. The fourth-order valence-electron chi connectivity index (χ4n) is 3.28. The van der Waals surface area contributed by atoms with Crippen LogP contribution in [-0.4, -0.2) is 24.6 Å². The first-order chi connectivity index (χ1) is 11.0. The summed E-state index contributed by atoms with van der Waals surface area (Å²) in [6, 6.07) is 4.52. The highest BCUT2D eigenvalue weighted by atomic mass is 16.5. The van der Waals surface area contributed by atoms with Crippen molar-refractivity contribution in [3.8, 4) is 0 Å². The number of rotatable bonds is 4. The van der Waals surface area contributed by atoms with Gasteiger partial charge in [0.05, 0.1) is 24.2 Å². The molecule has 2 aliphatic rings. The first-order valence-corrected chi connectivity index (χ1v) is 7.92. The van der Waals surface area contributed by atoms with Gasteiger partial charge in [0, 0.05) is 11.6 Å². The van der Waals surface area contributed by atoms with E-state index in [1.165, 1.54) is 0 Å². The van der Waals surface area contributed by atoms with Crippen molar-refractivity contribution < 1.29 is 19.4 Å². The lowest BCUT2D eigenvalue weighted by atomic mass is 9.79. The van der Waals surface area contributed by atoms with Crippen molar-refractivity contribution in [3.63, 3.8) is 0 Å². The lowest BCUT2D eigenvalue weighted by Crippen LogP contribution is -2.48. The molecule has 0 bridgehead atoms. The second-order valence-electron chi connectivity index (χ2n) is 6.59. The van der Waals surface area contributed by atoms with E-state index in [4.69, 9.17) is 4.74 Å². The molecule has 5 heteroatoms. The molecular weight excluding hydrogens is 294 g/mol. The molecule has 1 aromatic carbocycles. The van der Waals surface area contributed by atoms with Gasteiger partial charge in [-0.1, -0.05) is 26.0 Å². The summed E-state index contributed by atoms with van der Waals surface area (Å²) in [6.07, 6.45) is 4.70. The van der Waals surface area contributed by atoms with Crippen LogP contribution in [0.4, 0.5) is 5.69 Å². The Labute approximate surface area is 135 Å². The van der Waals surface area contributed by atoms with Crippen molar-refractivity contribution in [3.05, 3.63) is 41.5 Å². The Morgan fingerprint density at radius 1 is 1.39 bits per heavy atom. The van der Waals surface area contributed by atoms with Crippen LogP contribution in [0.2, 0.25) is 0 Å². The van der Waals surface area contributed by atoms with Crippen LogP contribution in [-0.2, 0) is 9.53 Å². The minimum absolute atomic E-state index is 0.00741. The summed E-state index contributed by atoms with van der Waals surface area (Å²) in [7, 11) is 0. The third-order valence-corrected chi connectivity index (χ3v) is 4.40. The monoisotopic (exact) mass is 314 g/mol. The lowest BCUT2D eigenvalue weighted by Gasteiger charge is -2.37. The maximum absolute atomic E-state index is 12.1. The largest absolute Gasteiger partial charge is 0.548 e. The Morgan fingerprint density at radius 2 is 2.17 bits per heavy atom. The number of esters is 1. The average Bonchev–Trinajstić information content (AvgIpc) is 3.00. The second-order valence-corrected chi connectivity index (χ2v) is 6.59. The molecule has 1 aromatic rings. The molecule has 3 atom stereocenters. The minimum atomic E-state index is -1.09. The highest BCUT2D eigenvalue weighted by molar-refractivity contribution is 5.91. The zero-order valence-electron chi connectivity index (χ0n) is 13.2. The minimum Gasteiger partial charge on any atom is -0.548 e. The maximum atomic E-state index is 12.1. The normalized spacial score (nSPS) is 24.7. The van der Waals surface area contributed by atoms with Crippen LogP contribution in [0.1, 0.15) is 42.1 Å². The number of carboxylic acids is 1. The van der Waals surface area contributed by atoms with Crippen LogP contribution in [0.3, 0.4) is 0 Å². The number of hydrogen-bond acceptors (Lipinski definition) is 5. The smallest absolute Gasteiger partial charge is 0.338 e. The molecule has 5 nitrogen and oxygen atoms in total. The lowest BCUT2D eigenvalue weighted by molar-refractivity contribution is -0.308. The van der Waals surface area contributed by atoms with Crippen molar-refractivity contribution in [1.29, 1.82) is 0 Å². The Balaban J connectivity index is 1.88. The number of allylic oxidation sites excluding steroid dienone is 2. The van der Waals surface area contributed by atoms with Crippen molar-refractivity contribution in [1.82, 2.24) is 0 Å². The van der Waals surface area contributed by atoms with Gasteiger partial charge in [0.1, 0.15) is 0 Å². The van der Waals surface area contributed by atoms with Crippen LogP contribution < -0.4 is 10.4 Å². The average molecular weight is 314 g/mol. The molecule has 1 heterocycles. The van der Waals surface area contributed by atoms with E-state index in [1.54, 1.807) is 12.1 Å². The van der Waals surface area contributed by atoms with E-state index in [0.29, 0.717) is 18.6 Å². The summed E-state index contributed by atoms with van der Waals surface area (Å²) < 4.78 is 5.27. The number of ether oxygens (including phenoxy) is 1. The molecule has 1 aliphatic carbocycles. The number of fused-ring (bicyclic) bond motifs is 3. The van der Waals surface area contributed by atoms with Gasteiger partial charge in [0.2, 0.25) is 0 Å². The van der Waals surface area contributed by atoms with Gasteiger partial charge < -0.3 is 20.0 Å². The number of benzene rings is 1. The van der Waals surface area contributed by atoms with Crippen molar-refractivity contribution >= 4 is 17.6 Å². The number of nitrogens with one attached hydrogen (secondary N) is 1. The van der Waals surface area contributed by atoms with Crippen LogP contribution >= 0.6 is 0 Å². The Bertz CT molecular complexity index is 665. The molecule has 0 amide bonds. The van der Waals surface area contributed by atoms with Crippen LogP contribution in [0.25, 0.3) is 0 Å². The molecule has 23 heavy (non-hydrogen) atoms. The molecule has 1 N–H and O–H groups in total. The number of hydrogen-bond donors (Lipinski definition) is 1. The van der Waals surface area contributed by atoms with Gasteiger partial charge >= 0.3 is 5.97 Å². The van der Waals surface area contributed by atoms with Crippen molar-refractivity contribution in [2.75, 3.05) is 11.9 Å². The van der Waals surface area contributed by atoms with Crippen LogP contribution in [0.15, 0.2) is 30.4 Å². The number of carbonyl (C=O) groups is 2. The fraction of sp³-hybridized carbons (Fsp3) is 0.444. The summed E-state index contributed by atoms with van der Waals surface area (Å²) in [5.74, 6) is -1.23. The van der Waals surface area contributed by atoms with Gasteiger partial charge in [-0.15, -0.1) is 0 Å². The molecule has 122 valence electrons. The molecular formula is C18H20NO4-. The van der Waals surface area contributed by atoms with Gasteiger partial charge in [-0.3, -0.25) is 0 Å². The SMILES string of the molecule is CC(C)COC(=O)c1ccc2c(c1)[C@H]1C=CC[C@@H]1[C@H](C(=O)[O-])N2. The van der Waals surface area contributed by atoms with Crippen LogP contribution in [0, 0.1) is 11.8 Å². The third-order valence-electron chi connectivity index (χ3n) is 4.40. The predicted molar refractivity (Wildman–Crippen MR) is 84.0 cm³/mol. The summed E-state index contributed by atoms with van der Waals surface area (Å²) in [5.41, 5.74) is 2.19. The molecule has 0 radical (unpaired) electrons. The number of carbonyl (C=O) groups excluding carboxylic acids is 2. The molecule has 3 rings (SSSR count). The predicted octanol–water partition coefficient (Wildman–Crippen LogP) is 1.70. The number of anilines is 1. The molecule has 0 unspecified atom stereocenters. The third kappa shape index (κ3) is 2.96. The molecule has 0 spiro atoms. The van der Waals surface area contributed by atoms with E-state index in [9.17, 15) is 14.7 Å². The molecule has 1 aliphatic heterocycles. The summed E-state index contributed by atoms with van der Waals surface area (Å²) in [5, 5.41) is 14.4. The highest BCUT2D eigenvalue weighted by Gasteiger charge is 2.38. The van der Waals surface area contributed by atoms with Gasteiger partial charge in [-0.25, -0.2) is 4.79 Å². The molecule has 0 saturated carbocycles. The zero-order valence-corrected chi connectivity index (χ0v) is 13.2. The summed E-state index contributed by atoms with van der Waals surface area (Å²) in [6.45, 7) is 4.35. The number of aliphatic carboxylic acids is 1. The Hall–Kier alpha value is -2.30. The van der Waals surface area contributed by atoms with Gasteiger partial charge in [0.15, 0.2) is 0 Å². The van der Waals surface area contributed by atoms with E-state index in [1.807, 2.05) is 32.1 Å². The van der Waals surface area contributed by atoms with Gasteiger partial charge in [-0.2, -0.15) is 0 Å². The highest BCUT2D eigenvalue weighted by Crippen LogP contribution is 2.44. The van der Waals surface area contributed by atoms with E-state index in [0.717, 1.165) is 11.3 Å². The van der Waals surface area contributed by atoms with E-state index in [-0.39, 0.29) is 23.7 Å². The second kappa shape index (κ2) is 6.07. The fourth-order valence-corrected chi connectivity index (χ4v) is 3.28. The number of carboxylic acid groups (broad SMARTS) is 1. The first-order valence-electron chi connectivity index (χ1n) is 7.92. The van der Waals surface area contributed by atoms with E-state index in [2.05, 4.69) is 5.32 Å². The Kier molecular flexibility index (Phi) is 4.11. The molecule has 0 saturated heterocycles. The summed E-state index contributed by atoms with van der Waals surface area (Å²) >= 11 is 0. The van der Waals surface area contributed by atoms with Gasteiger partial charge in [-0.05, 0) is 42.0 Å². The zero-order chi connectivity index (χ0) is 16.6. The topological polar surface area (TPSA) is 78.5 Å². The first kappa shape index (κ1) is 15.6. The quantitative estimate of drug-likeness (QED) is 0.676. The summed E-state index contributed by atoms with van der Waals surface area (Å²) in [4.78, 5) is 23.5. The van der Waals surface area contributed by atoms with Crippen molar-refractivity contribution in [2.45, 2.75) is 32.2 Å². The van der Waals surface area contributed by atoms with E-state index >= 15 is 0 Å². The van der Waals surface area contributed by atoms with E-state index < -0.39 is 12.0 Å². The van der Waals surface area contributed by atoms with Crippen molar-refractivity contribution in [2.24, 2.45) is 11.8 Å². The molecule has 0 fully saturated rings. The van der Waals surface area contributed by atoms with Gasteiger partial charge in [0.25, 0.3) is 0 Å². The van der Waals surface area contributed by atoms with Crippen LogP contribution in [0.5, 0.6) is 0 Å². The molecule has 0 aromatic heterocycles. The Morgan fingerprint density at radius 3 is 2.87 bits per heavy atom.